The van der Waals surface area contributed by atoms with Gasteiger partial charge in [-0.3, -0.25) is 34.6 Å². The van der Waals surface area contributed by atoms with Gasteiger partial charge >= 0.3 is 5.97 Å². The topological polar surface area (TPSA) is 209 Å². The molecule has 0 atom stereocenters. The molecule has 2 aromatic heterocycles. The predicted octanol–water partition coefficient (Wildman–Crippen LogP) is 11.3. The van der Waals surface area contributed by atoms with E-state index < -0.39 is 29.4 Å². The Balaban J connectivity index is 0.000000239. The summed E-state index contributed by atoms with van der Waals surface area (Å²) in [5.74, 6) is -4.59. The molecule has 0 unspecified atom stereocenters. The second-order valence-corrected chi connectivity index (χ2v) is 21.8. The van der Waals surface area contributed by atoms with Gasteiger partial charge in [0.05, 0.1) is 5.56 Å². The van der Waals surface area contributed by atoms with Crippen molar-refractivity contribution in [3.63, 3.8) is 0 Å². The number of hydrogen-bond acceptors (Lipinski definition) is 10. The van der Waals surface area contributed by atoms with Gasteiger partial charge in [-0.15, -0.1) is 22.7 Å². The second-order valence-electron chi connectivity index (χ2n) is 20.0. The summed E-state index contributed by atoms with van der Waals surface area (Å²) >= 11 is 2.48. The van der Waals surface area contributed by atoms with E-state index >= 15 is 4.39 Å². The van der Waals surface area contributed by atoms with Crippen LogP contribution in [0.4, 0.5) is 19.0 Å². The molecule has 0 saturated heterocycles. The lowest BCUT2D eigenvalue weighted by molar-refractivity contribution is 0.0695. The molecule has 6 aromatic rings. The Kier molecular flexibility index (Phi) is 17.6. The van der Waals surface area contributed by atoms with Crippen LogP contribution in [0.3, 0.4) is 0 Å². The van der Waals surface area contributed by atoms with Gasteiger partial charge in [-0.2, -0.15) is 0 Å². The average molecular weight is 1020 g/mol. The van der Waals surface area contributed by atoms with Crippen LogP contribution in [0.5, 0.6) is 0 Å². The van der Waals surface area contributed by atoms with Crippen LogP contribution in [0.1, 0.15) is 147 Å². The third-order valence-corrected chi connectivity index (χ3v) is 13.0. The molecule has 4 aromatic carbocycles. The minimum absolute atomic E-state index is 0.0737. The summed E-state index contributed by atoms with van der Waals surface area (Å²) in [6.45, 7) is 16.0. The molecule has 1 fully saturated rings. The van der Waals surface area contributed by atoms with Crippen LogP contribution >= 0.6 is 22.7 Å². The molecule has 1 aliphatic carbocycles. The summed E-state index contributed by atoms with van der Waals surface area (Å²) < 4.78 is 29.7. The van der Waals surface area contributed by atoms with E-state index in [2.05, 4.69) is 36.6 Å². The maximum absolute atomic E-state index is 15.2. The second kappa shape index (κ2) is 23.4. The van der Waals surface area contributed by atoms with E-state index in [9.17, 15) is 38.3 Å². The number of aromatic carboxylic acids is 1. The molecule has 2 heterocycles. The SMILES string of the molecule is Cc1c(F)cc(C(=O)NC2CCCCC2)cc1-c1ccc(C(=O)NCC(C)(C)C)cc1C(=O)Nc1nccs1.Cc1c(F)cc(C(=O)O)cc1-c1ccc(C(=O)NCC(C)(C)C)cc1C(=O)Nc1nccs1. The average Bonchev–Trinajstić information content (AvgIpc) is 4.06. The molecule has 1 saturated carbocycles. The zero-order chi connectivity index (χ0) is 52.5. The van der Waals surface area contributed by atoms with Gasteiger partial charge in [0.2, 0.25) is 0 Å². The number of anilines is 2. The van der Waals surface area contributed by atoms with Gasteiger partial charge in [-0.25, -0.2) is 23.5 Å². The van der Waals surface area contributed by atoms with Crippen molar-refractivity contribution in [3.05, 3.63) is 140 Å². The Labute approximate surface area is 425 Å². The number of rotatable bonds is 13. The van der Waals surface area contributed by atoms with E-state index in [0.717, 1.165) is 38.2 Å². The van der Waals surface area contributed by atoms with Crippen LogP contribution in [-0.4, -0.2) is 69.7 Å². The normalized spacial score (nSPS) is 12.8. The number of amides is 5. The molecule has 0 bridgehead atoms. The minimum atomic E-state index is -1.29. The first-order chi connectivity index (χ1) is 34.0. The zero-order valence-corrected chi connectivity index (χ0v) is 43.1. The number of benzene rings is 4. The van der Waals surface area contributed by atoms with Gasteiger partial charge in [-0.1, -0.05) is 72.9 Å². The van der Waals surface area contributed by atoms with E-state index in [1.165, 1.54) is 72.2 Å². The van der Waals surface area contributed by atoms with Crippen molar-refractivity contribution in [2.45, 2.75) is 93.5 Å². The monoisotopic (exact) mass is 1020 g/mol. The van der Waals surface area contributed by atoms with Gasteiger partial charge in [0.15, 0.2) is 10.3 Å². The summed E-state index contributed by atoms with van der Waals surface area (Å²) in [6.07, 6.45) is 8.21. The smallest absolute Gasteiger partial charge is 0.335 e. The van der Waals surface area contributed by atoms with E-state index in [4.69, 9.17) is 0 Å². The highest BCUT2D eigenvalue weighted by molar-refractivity contribution is 7.14. The van der Waals surface area contributed by atoms with Gasteiger partial charge in [0.1, 0.15) is 11.6 Å². The van der Waals surface area contributed by atoms with Crippen molar-refractivity contribution in [3.8, 4) is 22.3 Å². The molecule has 1 aliphatic rings. The van der Waals surface area contributed by atoms with E-state index in [-0.39, 0.29) is 73.5 Å². The summed E-state index contributed by atoms with van der Waals surface area (Å²) in [7, 11) is 0. The highest BCUT2D eigenvalue weighted by Gasteiger charge is 2.25. The number of aromatic nitrogens is 2. The summed E-state index contributed by atoms with van der Waals surface area (Å²) in [6, 6.07) is 14.4. The van der Waals surface area contributed by atoms with Crippen LogP contribution in [0.2, 0.25) is 0 Å². The fraction of sp³-hybridized carbons (Fsp3) is 0.333. The van der Waals surface area contributed by atoms with Crippen LogP contribution in [0.25, 0.3) is 22.3 Å². The third kappa shape index (κ3) is 14.5. The quantitative estimate of drug-likeness (QED) is 0.0649. The van der Waals surface area contributed by atoms with Gasteiger partial charge in [-0.05, 0) is 119 Å². The summed E-state index contributed by atoms with van der Waals surface area (Å²) in [5, 5.41) is 27.7. The molecule has 6 N–H and O–H groups in total. The predicted molar refractivity (Wildman–Crippen MR) is 278 cm³/mol. The summed E-state index contributed by atoms with van der Waals surface area (Å²) in [5.41, 5.74) is 2.40. The number of halogens is 2. The van der Waals surface area contributed by atoms with Crippen molar-refractivity contribution < 1.29 is 42.7 Å². The maximum Gasteiger partial charge on any atom is 0.335 e. The number of nitrogens with one attached hydrogen (secondary N) is 5. The fourth-order valence-electron chi connectivity index (χ4n) is 7.70. The summed E-state index contributed by atoms with van der Waals surface area (Å²) in [4.78, 5) is 84.9. The van der Waals surface area contributed by atoms with E-state index in [0.29, 0.717) is 51.2 Å². The molecule has 18 heteroatoms. The standard InChI is InChI=1S/C30H35FN4O3S.C24H24FN3O4S/c1-18-23(15-20(16-25(18)31)27(37)34-21-8-6-5-7-9-21)22-11-10-19(26(36)33-17-30(2,3)4)14-24(22)28(38)35-29-32-12-13-39-29;1-13-17(10-15(22(31)32)11-19(13)25)16-6-5-14(20(29)27-12-24(2,3)4)9-18(16)21(30)28-23-26-7-8-33-23/h10-16,21H,5-9,17H2,1-4H3,(H,33,36)(H,34,37)(H,32,35,38);5-11H,12H2,1-4H3,(H,27,29)(H,31,32)(H,26,28,30). The van der Waals surface area contributed by atoms with Gasteiger partial charge in [0.25, 0.3) is 29.5 Å². The number of nitrogens with zero attached hydrogens (tertiary/aromatic N) is 2. The lowest BCUT2D eigenvalue weighted by Gasteiger charge is -2.23. The zero-order valence-electron chi connectivity index (χ0n) is 41.5. The Bertz CT molecular complexity index is 2980. The molecule has 14 nitrogen and oxygen atoms in total. The minimum Gasteiger partial charge on any atom is -0.478 e. The number of hydrogen-bond donors (Lipinski definition) is 6. The number of carboxylic acids is 1. The first kappa shape index (κ1) is 54.2. The Hall–Kier alpha value is -7.18. The number of carbonyl (C=O) groups excluding carboxylic acids is 5. The molecule has 0 radical (unpaired) electrons. The molecule has 7 rings (SSSR count). The van der Waals surface area contributed by atoms with Crippen molar-refractivity contribution in [1.29, 1.82) is 0 Å². The fourth-order valence-corrected chi connectivity index (χ4v) is 8.75. The van der Waals surface area contributed by atoms with Crippen molar-refractivity contribution in [1.82, 2.24) is 25.9 Å². The number of carboxylic acid groups (broad SMARTS) is 1. The number of thiazole rings is 2. The molecule has 72 heavy (non-hydrogen) atoms. The van der Waals surface area contributed by atoms with Crippen molar-refractivity contribution >= 4 is 68.4 Å². The molecule has 0 spiro atoms. The Morgan fingerprint density at radius 3 is 1.40 bits per heavy atom. The van der Waals surface area contributed by atoms with E-state index in [1.807, 2.05) is 41.5 Å². The highest BCUT2D eigenvalue weighted by atomic mass is 32.1. The third-order valence-electron chi connectivity index (χ3n) is 11.6. The molecule has 378 valence electrons. The molecular weight excluding hydrogens is 961 g/mol. The number of carbonyl (C=O) groups is 6. The van der Waals surface area contributed by atoms with Crippen LogP contribution in [0, 0.1) is 36.3 Å². The van der Waals surface area contributed by atoms with Crippen LogP contribution in [0.15, 0.2) is 83.8 Å². The lowest BCUT2D eigenvalue weighted by Crippen LogP contribution is -2.36. The molecule has 5 amide bonds. The highest BCUT2D eigenvalue weighted by Crippen LogP contribution is 2.34. The van der Waals surface area contributed by atoms with Crippen molar-refractivity contribution in [2.24, 2.45) is 10.8 Å². The van der Waals surface area contributed by atoms with Gasteiger partial charge < -0.3 is 21.1 Å². The molecule has 0 aliphatic heterocycles. The Morgan fingerprint density at radius 2 is 1.00 bits per heavy atom. The first-order valence-electron chi connectivity index (χ1n) is 23.4. The Morgan fingerprint density at radius 1 is 0.569 bits per heavy atom. The first-order valence-corrected chi connectivity index (χ1v) is 25.2. The lowest BCUT2D eigenvalue weighted by atomic mass is 9.91. The van der Waals surface area contributed by atoms with Crippen LogP contribution < -0.4 is 26.6 Å². The van der Waals surface area contributed by atoms with Crippen molar-refractivity contribution in [2.75, 3.05) is 23.7 Å². The maximum atomic E-state index is 15.2. The van der Waals surface area contributed by atoms with Gasteiger partial charge in [0, 0.05) is 70.1 Å². The largest absolute Gasteiger partial charge is 0.478 e. The molecular formula is C54H59F2N7O7S2. The van der Waals surface area contributed by atoms with Crippen LogP contribution in [-0.2, 0) is 0 Å². The van der Waals surface area contributed by atoms with E-state index in [1.54, 1.807) is 42.1 Å².